The van der Waals surface area contributed by atoms with E-state index in [1.807, 2.05) is 17.2 Å². The molecule has 2 heterocycles. The van der Waals surface area contributed by atoms with Gasteiger partial charge >= 0.3 is 0 Å². The van der Waals surface area contributed by atoms with Gasteiger partial charge in [-0.15, -0.1) is 11.8 Å². The molecule has 1 aliphatic heterocycles. The zero-order valence-corrected chi connectivity index (χ0v) is 17.8. The molecular weight excluding hydrogens is 410 g/mol. The molecule has 1 fully saturated rings. The summed E-state index contributed by atoms with van der Waals surface area (Å²) in [4.78, 5) is 30.9. The van der Waals surface area contributed by atoms with Gasteiger partial charge in [-0.25, -0.2) is 4.98 Å². The van der Waals surface area contributed by atoms with Crippen LogP contribution in [0.1, 0.15) is 23.2 Å². The van der Waals surface area contributed by atoms with Crippen molar-refractivity contribution in [2.45, 2.75) is 17.9 Å². The van der Waals surface area contributed by atoms with Gasteiger partial charge in [0.25, 0.3) is 11.8 Å². The number of ether oxygens (including phenoxy) is 1. The fraction of sp³-hybridized carbons (Fsp3) is 0.381. The molecule has 0 unspecified atom stereocenters. The fourth-order valence-electron chi connectivity index (χ4n) is 3.22. The number of thioether (sulfide) groups is 1. The summed E-state index contributed by atoms with van der Waals surface area (Å²) >= 11 is 7.31. The number of benzene rings is 1. The molecule has 1 aliphatic rings. The van der Waals surface area contributed by atoms with E-state index in [1.165, 1.54) is 11.8 Å². The third-order valence-electron chi connectivity index (χ3n) is 4.87. The molecule has 0 bridgehead atoms. The molecule has 2 amide bonds. The molecule has 2 aromatic rings. The number of pyridine rings is 1. The Morgan fingerprint density at radius 1 is 1.24 bits per heavy atom. The molecule has 29 heavy (non-hydrogen) atoms. The fourth-order valence-corrected chi connectivity index (χ4v) is 3.88. The van der Waals surface area contributed by atoms with Crippen molar-refractivity contribution in [3.63, 3.8) is 0 Å². The third-order valence-corrected chi connectivity index (χ3v) is 5.83. The summed E-state index contributed by atoms with van der Waals surface area (Å²) in [6.07, 6.45) is 5.34. The maximum atomic E-state index is 12.8. The van der Waals surface area contributed by atoms with Gasteiger partial charge in [0.1, 0.15) is 10.8 Å². The summed E-state index contributed by atoms with van der Waals surface area (Å²) < 4.78 is 5.45. The van der Waals surface area contributed by atoms with Gasteiger partial charge in [0, 0.05) is 30.9 Å². The number of hydrogen-bond donors (Lipinski definition) is 1. The molecule has 0 atom stereocenters. The van der Waals surface area contributed by atoms with Crippen molar-refractivity contribution in [1.82, 2.24) is 15.2 Å². The van der Waals surface area contributed by atoms with Gasteiger partial charge < -0.3 is 15.0 Å². The lowest BCUT2D eigenvalue weighted by Crippen LogP contribution is -2.42. The highest BCUT2D eigenvalue weighted by molar-refractivity contribution is 7.98. The molecule has 1 saturated heterocycles. The standard InChI is InChI=1S/C21H24ClN3O3S/c1-29-20-18(3-2-10-23-20)21(27)25-11-8-15(9-12-25)13-24-19(26)14-28-17-6-4-16(22)5-7-17/h2-7,10,15H,8-9,11-14H2,1H3,(H,24,26). The lowest BCUT2D eigenvalue weighted by molar-refractivity contribution is -0.123. The number of carbonyl (C=O) groups is 2. The molecule has 3 rings (SSSR count). The van der Waals surface area contributed by atoms with Crippen molar-refractivity contribution < 1.29 is 14.3 Å². The van der Waals surface area contributed by atoms with Crippen LogP contribution in [0, 0.1) is 5.92 Å². The summed E-state index contributed by atoms with van der Waals surface area (Å²) in [6, 6.07) is 10.5. The van der Waals surface area contributed by atoms with Crippen LogP contribution < -0.4 is 10.1 Å². The highest BCUT2D eigenvalue weighted by Crippen LogP contribution is 2.22. The Morgan fingerprint density at radius 3 is 2.66 bits per heavy atom. The van der Waals surface area contributed by atoms with Gasteiger partial charge in [0.15, 0.2) is 6.61 Å². The lowest BCUT2D eigenvalue weighted by atomic mass is 9.96. The van der Waals surface area contributed by atoms with E-state index >= 15 is 0 Å². The Labute approximate surface area is 180 Å². The topological polar surface area (TPSA) is 71.5 Å². The quantitative estimate of drug-likeness (QED) is 0.676. The first-order valence-electron chi connectivity index (χ1n) is 9.50. The van der Waals surface area contributed by atoms with E-state index in [9.17, 15) is 9.59 Å². The van der Waals surface area contributed by atoms with E-state index in [0.29, 0.717) is 41.9 Å². The molecule has 0 spiro atoms. The van der Waals surface area contributed by atoms with Crippen LogP contribution in [-0.2, 0) is 4.79 Å². The summed E-state index contributed by atoms with van der Waals surface area (Å²) in [6.45, 7) is 1.93. The smallest absolute Gasteiger partial charge is 0.257 e. The molecule has 0 saturated carbocycles. The Bertz CT molecular complexity index is 839. The second-order valence-corrected chi connectivity index (χ2v) is 8.07. The minimum absolute atomic E-state index is 0.0290. The molecule has 0 radical (unpaired) electrons. The van der Waals surface area contributed by atoms with Crippen molar-refractivity contribution in [1.29, 1.82) is 0 Å². The van der Waals surface area contributed by atoms with Gasteiger partial charge in [0.05, 0.1) is 5.56 Å². The normalized spacial score (nSPS) is 14.5. The maximum Gasteiger partial charge on any atom is 0.257 e. The number of rotatable bonds is 7. The van der Waals surface area contributed by atoms with Gasteiger partial charge in [-0.2, -0.15) is 0 Å². The number of likely N-dealkylation sites (tertiary alicyclic amines) is 1. The van der Waals surface area contributed by atoms with Crippen molar-refractivity contribution in [2.75, 3.05) is 32.5 Å². The average Bonchev–Trinajstić information content (AvgIpc) is 2.77. The van der Waals surface area contributed by atoms with E-state index in [0.717, 1.165) is 17.9 Å². The first-order valence-corrected chi connectivity index (χ1v) is 11.1. The van der Waals surface area contributed by atoms with Crippen molar-refractivity contribution in [2.24, 2.45) is 5.92 Å². The van der Waals surface area contributed by atoms with Crippen LogP contribution >= 0.6 is 23.4 Å². The molecule has 0 aliphatic carbocycles. The lowest BCUT2D eigenvalue weighted by Gasteiger charge is -2.32. The highest BCUT2D eigenvalue weighted by atomic mass is 35.5. The van der Waals surface area contributed by atoms with Crippen LogP contribution in [0.2, 0.25) is 5.02 Å². The monoisotopic (exact) mass is 433 g/mol. The summed E-state index contributed by atoms with van der Waals surface area (Å²) in [7, 11) is 0. The first-order chi connectivity index (χ1) is 14.1. The van der Waals surface area contributed by atoms with E-state index in [-0.39, 0.29) is 18.4 Å². The first kappa shape index (κ1) is 21.5. The van der Waals surface area contributed by atoms with E-state index in [1.54, 1.807) is 36.5 Å². The van der Waals surface area contributed by atoms with E-state index in [2.05, 4.69) is 10.3 Å². The number of piperidine rings is 1. The molecule has 6 nitrogen and oxygen atoms in total. The molecule has 1 N–H and O–H groups in total. The predicted molar refractivity (Wildman–Crippen MR) is 115 cm³/mol. The molecule has 1 aromatic heterocycles. The SMILES string of the molecule is CSc1ncccc1C(=O)N1CCC(CNC(=O)COc2ccc(Cl)cc2)CC1. The number of nitrogens with one attached hydrogen (secondary N) is 1. The van der Waals surface area contributed by atoms with Crippen LogP contribution in [0.3, 0.4) is 0 Å². The minimum Gasteiger partial charge on any atom is -0.484 e. The van der Waals surface area contributed by atoms with E-state index < -0.39 is 0 Å². The Kier molecular flexibility index (Phi) is 7.77. The van der Waals surface area contributed by atoms with E-state index in [4.69, 9.17) is 16.3 Å². The number of hydrogen-bond acceptors (Lipinski definition) is 5. The Hall–Kier alpha value is -2.25. The Morgan fingerprint density at radius 2 is 1.97 bits per heavy atom. The maximum absolute atomic E-state index is 12.8. The van der Waals surface area contributed by atoms with Crippen LogP contribution in [0.4, 0.5) is 0 Å². The van der Waals surface area contributed by atoms with Gasteiger partial charge in [0.2, 0.25) is 0 Å². The minimum atomic E-state index is -0.154. The van der Waals surface area contributed by atoms with Crippen molar-refractivity contribution in [3.8, 4) is 5.75 Å². The zero-order valence-electron chi connectivity index (χ0n) is 16.3. The third kappa shape index (κ3) is 6.11. The van der Waals surface area contributed by atoms with Gasteiger partial charge in [-0.3, -0.25) is 9.59 Å². The average molecular weight is 434 g/mol. The van der Waals surface area contributed by atoms with Crippen LogP contribution in [0.15, 0.2) is 47.6 Å². The summed E-state index contributed by atoms with van der Waals surface area (Å²) in [5, 5.41) is 4.30. The van der Waals surface area contributed by atoms with Gasteiger partial charge in [-0.1, -0.05) is 11.6 Å². The number of amides is 2. The number of nitrogens with zero attached hydrogens (tertiary/aromatic N) is 2. The summed E-state index contributed by atoms with van der Waals surface area (Å²) in [5.74, 6) is 0.837. The van der Waals surface area contributed by atoms with Crippen LogP contribution in [0.25, 0.3) is 0 Å². The predicted octanol–water partition coefficient (Wildman–Crippen LogP) is 3.50. The summed E-state index contributed by atoms with van der Waals surface area (Å²) in [5.41, 5.74) is 0.658. The van der Waals surface area contributed by atoms with Crippen molar-refractivity contribution >= 4 is 35.2 Å². The number of carbonyl (C=O) groups excluding carboxylic acids is 2. The molecular formula is C21H24ClN3O3S. The van der Waals surface area contributed by atoms with Gasteiger partial charge in [-0.05, 0) is 61.4 Å². The molecule has 154 valence electrons. The van der Waals surface area contributed by atoms with Crippen LogP contribution in [0.5, 0.6) is 5.75 Å². The second-order valence-electron chi connectivity index (χ2n) is 6.84. The van der Waals surface area contributed by atoms with Crippen molar-refractivity contribution in [3.05, 3.63) is 53.2 Å². The number of aromatic nitrogens is 1. The molecule has 8 heteroatoms. The number of halogens is 1. The highest BCUT2D eigenvalue weighted by Gasteiger charge is 2.25. The Balaban J connectivity index is 1.40. The zero-order chi connectivity index (χ0) is 20.6. The largest absolute Gasteiger partial charge is 0.484 e. The second kappa shape index (κ2) is 10.5. The molecule has 1 aromatic carbocycles. The van der Waals surface area contributed by atoms with Crippen LogP contribution in [-0.4, -0.2) is 54.2 Å².